The van der Waals surface area contributed by atoms with E-state index < -0.39 is 11.7 Å². The summed E-state index contributed by atoms with van der Waals surface area (Å²) in [6, 6.07) is 11.9. The van der Waals surface area contributed by atoms with E-state index in [4.69, 9.17) is 10.00 Å². The highest BCUT2D eigenvalue weighted by atomic mass is 19.4. The molecule has 0 fully saturated rings. The molecule has 0 amide bonds. The van der Waals surface area contributed by atoms with Gasteiger partial charge in [-0.2, -0.15) is 18.4 Å². The molecule has 0 atom stereocenters. The van der Waals surface area contributed by atoms with Gasteiger partial charge in [-0.1, -0.05) is 12.1 Å². The third kappa shape index (κ3) is 3.76. The molecule has 0 saturated heterocycles. The summed E-state index contributed by atoms with van der Waals surface area (Å²) in [5.41, 5.74) is 1.49. The van der Waals surface area contributed by atoms with Crippen molar-refractivity contribution in [2.45, 2.75) is 19.7 Å². The maximum Gasteiger partial charge on any atom is 0.416 e. The third-order valence-electron chi connectivity index (χ3n) is 3.03. The number of halogens is 3. The Balaban J connectivity index is 2.12. The molecule has 21 heavy (non-hydrogen) atoms. The molecule has 0 aliphatic heterocycles. The molecule has 2 nitrogen and oxygen atoms in total. The smallest absolute Gasteiger partial charge is 0.416 e. The minimum Gasteiger partial charge on any atom is -0.489 e. The van der Waals surface area contributed by atoms with Crippen LogP contribution in [0.25, 0.3) is 0 Å². The van der Waals surface area contributed by atoms with Crippen molar-refractivity contribution in [2.75, 3.05) is 0 Å². The lowest BCUT2D eigenvalue weighted by Gasteiger charge is -2.11. The quantitative estimate of drug-likeness (QED) is 0.836. The van der Waals surface area contributed by atoms with Crippen LogP contribution in [-0.2, 0) is 12.8 Å². The molecule has 5 heteroatoms. The standard InChI is InChI=1S/C16H12F3NO/c1-11-7-12(9-20)5-6-13(11)10-21-15-4-2-3-14(8-15)16(17,18)19/h2-8H,10H2,1H3. The molecule has 0 N–H and O–H groups in total. The Morgan fingerprint density at radius 2 is 1.90 bits per heavy atom. The minimum absolute atomic E-state index is 0.152. The Bertz CT molecular complexity index is 687. The van der Waals surface area contributed by atoms with E-state index in [-0.39, 0.29) is 12.4 Å². The van der Waals surface area contributed by atoms with Gasteiger partial charge in [0.15, 0.2) is 0 Å². The maximum atomic E-state index is 12.6. The van der Waals surface area contributed by atoms with Crippen LogP contribution in [0.4, 0.5) is 13.2 Å². The van der Waals surface area contributed by atoms with E-state index in [1.54, 1.807) is 18.2 Å². The van der Waals surface area contributed by atoms with Crippen molar-refractivity contribution in [1.82, 2.24) is 0 Å². The second kappa shape index (κ2) is 5.88. The molecule has 0 aliphatic carbocycles. The van der Waals surface area contributed by atoms with Crippen LogP contribution in [0.1, 0.15) is 22.3 Å². The SMILES string of the molecule is Cc1cc(C#N)ccc1COc1cccc(C(F)(F)F)c1. The first-order chi connectivity index (χ1) is 9.90. The van der Waals surface area contributed by atoms with Crippen LogP contribution in [0.15, 0.2) is 42.5 Å². The van der Waals surface area contributed by atoms with E-state index in [0.29, 0.717) is 5.56 Å². The van der Waals surface area contributed by atoms with Crippen LogP contribution in [0.3, 0.4) is 0 Å². The van der Waals surface area contributed by atoms with Gasteiger partial charge in [0.1, 0.15) is 12.4 Å². The van der Waals surface area contributed by atoms with Crippen molar-refractivity contribution in [3.05, 3.63) is 64.7 Å². The zero-order chi connectivity index (χ0) is 15.5. The van der Waals surface area contributed by atoms with E-state index >= 15 is 0 Å². The molecular formula is C16H12F3NO. The van der Waals surface area contributed by atoms with Gasteiger partial charge in [0, 0.05) is 0 Å². The predicted octanol–water partition coefficient (Wildman–Crippen LogP) is 4.46. The summed E-state index contributed by atoms with van der Waals surface area (Å²) in [6.07, 6.45) is -4.39. The highest BCUT2D eigenvalue weighted by Gasteiger charge is 2.30. The molecule has 0 unspecified atom stereocenters. The number of ether oxygens (including phenoxy) is 1. The van der Waals surface area contributed by atoms with Crippen LogP contribution < -0.4 is 4.74 Å². The van der Waals surface area contributed by atoms with Crippen LogP contribution in [-0.4, -0.2) is 0 Å². The lowest BCUT2D eigenvalue weighted by molar-refractivity contribution is -0.137. The summed E-state index contributed by atoms with van der Waals surface area (Å²) in [5.74, 6) is 0.161. The highest BCUT2D eigenvalue weighted by molar-refractivity contribution is 5.37. The fourth-order valence-electron chi connectivity index (χ4n) is 1.85. The molecule has 0 aliphatic rings. The van der Waals surface area contributed by atoms with Crippen molar-refractivity contribution in [2.24, 2.45) is 0 Å². The number of nitrogens with zero attached hydrogens (tertiary/aromatic N) is 1. The van der Waals surface area contributed by atoms with E-state index in [1.807, 2.05) is 13.0 Å². The van der Waals surface area contributed by atoms with Crippen molar-refractivity contribution < 1.29 is 17.9 Å². The molecule has 0 spiro atoms. The Morgan fingerprint density at radius 3 is 2.52 bits per heavy atom. The first kappa shape index (κ1) is 14.9. The van der Waals surface area contributed by atoms with Gasteiger partial charge in [-0.3, -0.25) is 0 Å². The molecular weight excluding hydrogens is 279 g/mol. The van der Waals surface area contributed by atoms with Crippen molar-refractivity contribution in [1.29, 1.82) is 5.26 Å². The number of nitriles is 1. The Labute approximate surface area is 120 Å². The van der Waals surface area contributed by atoms with E-state index in [9.17, 15) is 13.2 Å². The first-order valence-electron chi connectivity index (χ1n) is 6.20. The summed E-state index contributed by atoms with van der Waals surface area (Å²) in [6.45, 7) is 1.98. The number of aryl methyl sites for hydroxylation is 1. The van der Waals surface area contributed by atoms with Crippen LogP contribution in [0, 0.1) is 18.3 Å². The molecule has 2 aromatic carbocycles. The van der Waals surface area contributed by atoms with Crippen LogP contribution >= 0.6 is 0 Å². The molecule has 2 rings (SSSR count). The molecule has 0 bridgehead atoms. The van der Waals surface area contributed by atoms with Crippen molar-refractivity contribution >= 4 is 0 Å². The minimum atomic E-state index is -4.39. The normalized spacial score (nSPS) is 11.0. The zero-order valence-corrected chi connectivity index (χ0v) is 11.2. The molecule has 2 aromatic rings. The number of hydrogen-bond donors (Lipinski definition) is 0. The van der Waals surface area contributed by atoms with E-state index in [0.717, 1.165) is 23.3 Å². The summed E-state index contributed by atoms with van der Waals surface area (Å²) >= 11 is 0. The average Bonchev–Trinajstić information content (AvgIpc) is 2.45. The number of hydrogen-bond acceptors (Lipinski definition) is 2. The lowest BCUT2D eigenvalue weighted by atomic mass is 10.1. The van der Waals surface area contributed by atoms with Crippen molar-refractivity contribution in [3.8, 4) is 11.8 Å². The number of benzene rings is 2. The van der Waals surface area contributed by atoms with Crippen LogP contribution in [0.2, 0.25) is 0 Å². The van der Waals surface area contributed by atoms with Gasteiger partial charge in [0.2, 0.25) is 0 Å². The van der Waals surface area contributed by atoms with Crippen LogP contribution in [0.5, 0.6) is 5.75 Å². The van der Waals surface area contributed by atoms with Crippen molar-refractivity contribution in [3.63, 3.8) is 0 Å². The molecule has 108 valence electrons. The summed E-state index contributed by atoms with van der Waals surface area (Å²) in [5, 5.41) is 8.78. The Hall–Kier alpha value is -2.48. The molecule has 0 aromatic heterocycles. The summed E-state index contributed by atoms with van der Waals surface area (Å²) in [7, 11) is 0. The predicted molar refractivity (Wildman–Crippen MR) is 71.7 cm³/mol. The van der Waals surface area contributed by atoms with Gasteiger partial charge in [-0.25, -0.2) is 0 Å². The molecule has 0 saturated carbocycles. The molecule has 0 heterocycles. The second-order valence-corrected chi connectivity index (χ2v) is 4.57. The second-order valence-electron chi connectivity index (χ2n) is 4.57. The topological polar surface area (TPSA) is 33.0 Å². The maximum absolute atomic E-state index is 12.6. The van der Waals surface area contributed by atoms with Gasteiger partial charge >= 0.3 is 6.18 Å². The molecule has 0 radical (unpaired) electrons. The fraction of sp³-hybridized carbons (Fsp3) is 0.188. The Kier molecular flexibility index (Phi) is 4.18. The van der Waals surface area contributed by atoms with E-state index in [2.05, 4.69) is 0 Å². The van der Waals surface area contributed by atoms with Gasteiger partial charge in [-0.05, 0) is 48.4 Å². The summed E-state index contributed by atoms with van der Waals surface area (Å²) < 4.78 is 43.2. The number of rotatable bonds is 3. The van der Waals surface area contributed by atoms with Gasteiger partial charge in [0.05, 0.1) is 17.2 Å². The van der Waals surface area contributed by atoms with E-state index in [1.165, 1.54) is 12.1 Å². The fourth-order valence-corrected chi connectivity index (χ4v) is 1.85. The van der Waals surface area contributed by atoms with Gasteiger partial charge in [0.25, 0.3) is 0 Å². The highest BCUT2D eigenvalue weighted by Crippen LogP contribution is 2.31. The monoisotopic (exact) mass is 291 g/mol. The number of alkyl halides is 3. The summed E-state index contributed by atoms with van der Waals surface area (Å²) in [4.78, 5) is 0. The third-order valence-corrected chi connectivity index (χ3v) is 3.03. The Morgan fingerprint density at radius 1 is 1.14 bits per heavy atom. The zero-order valence-electron chi connectivity index (χ0n) is 11.2. The average molecular weight is 291 g/mol. The largest absolute Gasteiger partial charge is 0.489 e. The van der Waals surface area contributed by atoms with Gasteiger partial charge in [-0.15, -0.1) is 0 Å². The first-order valence-corrected chi connectivity index (χ1v) is 6.20. The lowest BCUT2D eigenvalue weighted by Crippen LogP contribution is -2.05. The van der Waals surface area contributed by atoms with Gasteiger partial charge < -0.3 is 4.74 Å².